The predicted octanol–water partition coefficient (Wildman–Crippen LogP) is 1.86. The van der Waals surface area contributed by atoms with Crippen molar-refractivity contribution in [2.24, 2.45) is 0 Å². The van der Waals surface area contributed by atoms with Gasteiger partial charge in [-0.1, -0.05) is 19.3 Å². The molecule has 3 fully saturated rings. The van der Waals surface area contributed by atoms with Crippen LogP contribution in [0.1, 0.15) is 57.8 Å². The van der Waals surface area contributed by atoms with Crippen LogP contribution in [-0.2, 0) is 9.59 Å². The smallest absolute Gasteiger partial charge is 0.320 e. The first-order valence-corrected chi connectivity index (χ1v) is 8.45. The molecule has 2 aliphatic carbocycles. The summed E-state index contributed by atoms with van der Waals surface area (Å²) in [6.07, 6.45) is 9.60. The zero-order valence-corrected chi connectivity index (χ0v) is 12.7. The van der Waals surface area contributed by atoms with E-state index in [0.29, 0.717) is 25.0 Å². The van der Waals surface area contributed by atoms with Crippen LogP contribution in [0.2, 0.25) is 0 Å². The molecular weight excluding hydrogens is 268 g/mol. The van der Waals surface area contributed by atoms with Gasteiger partial charge >= 0.3 is 5.97 Å². The third-order valence-corrected chi connectivity index (χ3v) is 5.18. The van der Waals surface area contributed by atoms with E-state index in [1.165, 1.54) is 12.8 Å². The van der Waals surface area contributed by atoms with Crippen molar-refractivity contribution in [2.45, 2.75) is 75.9 Å². The van der Waals surface area contributed by atoms with Crippen molar-refractivity contribution in [2.75, 3.05) is 13.1 Å². The van der Waals surface area contributed by atoms with E-state index in [1.807, 2.05) is 4.90 Å². The normalized spacial score (nSPS) is 27.7. The first-order valence-electron chi connectivity index (χ1n) is 8.45. The second kappa shape index (κ2) is 6.34. The molecule has 1 N–H and O–H groups in total. The van der Waals surface area contributed by atoms with Crippen molar-refractivity contribution in [3.05, 3.63) is 0 Å². The molecule has 0 radical (unpaired) electrons. The van der Waals surface area contributed by atoms with Crippen LogP contribution in [0.25, 0.3) is 0 Å². The number of nitrogens with zero attached hydrogens (tertiary/aromatic N) is 2. The average Bonchev–Trinajstić information content (AvgIpc) is 3.13. The van der Waals surface area contributed by atoms with Crippen molar-refractivity contribution in [3.63, 3.8) is 0 Å². The second-order valence-electron chi connectivity index (χ2n) is 6.79. The van der Waals surface area contributed by atoms with Gasteiger partial charge in [-0.05, 0) is 45.1 Å². The van der Waals surface area contributed by atoms with Crippen molar-refractivity contribution in [1.82, 2.24) is 9.80 Å². The summed E-state index contributed by atoms with van der Waals surface area (Å²) in [5.41, 5.74) is 0. The van der Waals surface area contributed by atoms with Gasteiger partial charge in [0, 0.05) is 12.1 Å². The number of carboxylic acids is 1. The van der Waals surface area contributed by atoms with Crippen LogP contribution < -0.4 is 0 Å². The van der Waals surface area contributed by atoms with Gasteiger partial charge in [0.25, 0.3) is 0 Å². The molecule has 21 heavy (non-hydrogen) atoms. The Morgan fingerprint density at radius 3 is 2.19 bits per heavy atom. The van der Waals surface area contributed by atoms with Crippen molar-refractivity contribution >= 4 is 11.9 Å². The molecule has 0 aromatic rings. The molecule has 0 spiro atoms. The van der Waals surface area contributed by atoms with Gasteiger partial charge in [0.05, 0.1) is 6.54 Å². The molecule has 1 amide bonds. The highest BCUT2D eigenvalue weighted by molar-refractivity contribution is 5.81. The third kappa shape index (κ3) is 3.39. The quantitative estimate of drug-likeness (QED) is 0.841. The highest BCUT2D eigenvalue weighted by atomic mass is 16.4. The van der Waals surface area contributed by atoms with E-state index in [9.17, 15) is 14.7 Å². The van der Waals surface area contributed by atoms with Gasteiger partial charge in [-0.15, -0.1) is 0 Å². The summed E-state index contributed by atoms with van der Waals surface area (Å²) in [6, 6.07) is 0.388. The van der Waals surface area contributed by atoms with Gasteiger partial charge in [0.1, 0.15) is 6.04 Å². The standard InChI is InChI=1S/C16H26N2O3/c19-15(11-17-10-4-3-7-14(17)16(20)21)18(13-8-9-13)12-5-1-2-6-12/h12-14H,1-11H2,(H,20,21). The minimum Gasteiger partial charge on any atom is -0.480 e. The van der Waals surface area contributed by atoms with E-state index in [1.54, 1.807) is 0 Å². The summed E-state index contributed by atoms with van der Waals surface area (Å²) < 4.78 is 0. The maximum atomic E-state index is 12.7. The summed E-state index contributed by atoms with van der Waals surface area (Å²) in [7, 11) is 0. The molecule has 0 aromatic carbocycles. The lowest BCUT2D eigenvalue weighted by molar-refractivity contribution is -0.146. The van der Waals surface area contributed by atoms with Crippen molar-refractivity contribution < 1.29 is 14.7 Å². The number of hydrogen-bond donors (Lipinski definition) is 1. The summed E-state index contributed by atoms with van der Waals surface area (Å²) in [6.45, 7) is 1.04. The Kier molecular flexibility index (Phi) is 4.48. The molecule has 5 heteroatoms. The molecule has 1 heterocycles. The van der Waals surface area contributed by atoms with Gasteiger partial charge in [-0.25, -0.2) is 0 Å². The summed E-state index contributed by atoms with van der Waals surface area (Å²) in [5, 5.41) is 9.33. The van der Waals surface area contributed by atoms with Crippen LogP contribution in [0, 0.1) is 0 Å². The third-order valence-electron chi connectivity index (χ3n) is 5.18. The molecule has 1 atom stereocenters. The molecule has 0 aromatic heterocycles. The number of likely N-dealkylation sites (tertiary alicyclic amines) is 1. The fourth-order valence-corrected chi connectivity index (χ4v) is 3.96. The van der Waals surface area contributed by atoms with Gasteiger partial charge in [-0.3, -0.25) is 14.5 Å². The van der Waals surface area contributed by atoms with Crippen LogP contribution >= 0.6 is 0 Å². The van der Waals surface area contributed by atoms with Gasteiger partial charge in [0.2, 0.25) is 5.91 Å². The van der Waals surface area contributed by atoms with E-state index in [-0.39, 0.29) is 5.91 Å². The summed E-state index contributed by atoms with van der Waals surface area (Å²) in [4.78, 5) is 28.1. The van der Waals surface area contributed by atoms with Crippen LogP contribution in [0.5, 0.6) is 0 Å². The van der Waals surface area contributed by atoms with Crippen molar-refractivity contribution in [3.8, 4) is 0 Å². The molecule has 3 aliphatic rings. The lowest BCUT2D eigenvalue weighted by atomic mass is 10.0. The lowest BCUT2D eigenvalue weighted by Crippen LogP contribution is -2.51. The molecular formula is C16H26N2O3. The zero-order valence-electron chi connectivity index (χ0n) is 12.7. The summed E-state index contributed by atoms with van der Waals surface area (Å²) in [5.74, 6) is -0.612. The predicted molar refractivity (Wildman–Crippen MR) is 79.0 cm³/mol. The van der Waals surface area contributed by atoms with Crippen LogP contribution in [0.3, 0.4) is 0 Å². The fraction of sp³-hybridized carbons (Fsp3) is 0.875. The number of carbonyl (C=O) groups excluding carboxylic acids is 1. The Bertz CT molecular complexity index is 402. The maximum absolute atomic E-state index is 12.7. The average molecular weight is 294 g/mol. The van der Waals surface area contributed by atoms with Crippen LogP contribution in [-0.4, -0.2) is 58.0 Å². The molecule has 1 aliphatic heterocycles. The SMILES string of the molecule is O=C(O)C1CCCCN1CC(=O)N(C1CCCC1)C1CC1. The maximum Gasteiger partial charge on any atom is 0.320 e. The monoisotopic (exact) mass is 294 g/mol. The first-order chi connectivity index (χ1) is 10.2. The molecule has 1 saturated heterocycles. The Hall–Kier alpha value is -1.10. The van der Waals surface area contributed by atoms with Crippen LogP contribution in [0.15, 0.2) is 0 Å². The number of rotatable bonds is 5. The second-order valence-corrected chi connectivity index (χ2v) is 6.79. The van der Waals surface area contributed by atoms with Gasteiger partial charge in [-0.2, -0.15) is 0 Å². The van der Waals surface area contributed by atoms with Crippen molar-refractivity contribution in [1.29, 1.82) is 0 Å². The molecule has 2 saturated carbocycles. The van der Waals surface area contributed by atoms with Crippen LogP contribution in [0.4, 0.5) is 0 Å². The Morgan fingerprint density at radius 2 is 1.57 bits per heavy atom. The van der Waals surface area contributed by atoms with E-state index in [2.05, 4.69) is 4.90 Å². The Labute approximate surface area is 126 Å². The Balaban J connectivity index is 1.64. The van der Waals surface area contributed by atoms with E-state index in [0.717, 1.165) is 45.1 Å². The van der Waals surface area contributed by atoms with E-state index < -0.39 is 12.0 Å². The highest BCUT2D eigenvalue weighted by Crippen LogP contribution is 2.34. The molecule has 118 valence electrons. The number of carbonyl (C=O) groups is 2. The number of hydrogen-bond acceptors (Lipinski definition) is 3. The fourth-order valence-electron chi connectivity index (χ4n) is 3.96. The minimum absolute atomic E-state index is 0.164. The van der Waals surface area contributed by atoms with E-state index >= 15 is 0 Å². The highest BCUT2D eigenvalue weighted by Gasteiger charge is 2.40. The number of piperidine rings is 1. The molecule has 3 rings (SSSR count). The minimum atomic E-state index is -0.777. The first kappa shape index (κ1) is 14.8. The van der Waals surface area contributed by atoms with Gasteiger partial charge < -0.3 is 10.0 Å². The zero-order chi connectivity index (χ0) is 14.8. The lowest BCUT2D eigenvalue weighted by Gasteiger charge is -2.36. The number of amides is 1. The van der Waals surface area contributed by atoms with Gasteiger partial charge in [0.15, 0.2) is 0 Å². The number of aliphatic carboxylic acids is 1. The Morgan fingerprint density at radius 1 is 0.952 bits per heavy atom. The number of carboxylic acid groups (broad SMARTS) is 1. The largest absolute Gasteiger partial charge is 0.480 e. The van der Waals surface area contributed by atoms with E-state index in [4.69, 9.17) is 0 Å². The molecule has 1 unspecified atom stereocenters. The molecule has 5 nitrogen and oxygen atoms in total. The molecule has 0 bridgehead atoms. The summed E-state index contributed by atoms with van der Waals surface area (Å²) >= 11 is 0. The topological polar surface area (TPSA) is 60.9 Å².